The van der Waals surface area contributed by atoms with Gasteiger partial charge in [0, 0.05) is 25.9 Å². The highest BCUT2D eigenvalue weighted by atomic mass is 19.4. The second-order valence-electron chi connectivity index (χ2n) is 8.73. The van der Waals surface area contributed by atoms with Crippen LogP contribution in [0.25, 0.3) is 11.4 Å². The minimum Gasteiger partial charge on any atom is -0.487 e. The van der Waals surface area contributed by atoms with E-state index in [4.69, 9.17) is 9.47 Å². The minimum atomic E-state index is -4.86. The van der Waals surface area contributed by atoms with Gasteiger partial charge in [0.05, 0.1) is 17.6 Å². The normalized spacial score (nSPS) is 18.3. The fourth-order valence-corrected chi connectivity index (χ4v) is 4.50. The molecule has 7 nitrogen and oxygen atoms in total. The second-order valence-corrected chi connectivity index (χ2v) is 8.73. The lowest BCUT2D eigenvalue weighted by Crippen LogP contribution is -2.43. The maximum Gasteiger partial charge on any atom is 0.471 e. The molecule has 1 aromatic carbocycles. The first kappa shape index (κ1) is 23.3. The number of carbonyl (C=O) groups excluding carboxylic acids is 1. The third kappa shape index (κ3) is 5.17. The lowest BCUT2D eigenvalue weighted by molar-refractivity contribution is -0.186. The molecule has 0 aliphatic carbocycles. The number of hydrogen-bond donors (Lipinski definition) is 0. The van der Waals surface area contributed by atoms with Crippen LogP contribution in [0.4, 0.5) is 13.2 Å². The highest BCUT2D eigenvalue weighted by molar-refractivity contribution is 5.82. The van der Waals surface area contributed by atoms with Gasteiger partial charge in [0.15, 0.2) is 6.23 Å². The van der Waals surface area contributed by atoms with E-state index in [1.54, 1.807) is 18.5 Å². The summed E-state index contributed by atoms with van der Waals surface area (Å²) in [6.07, 6.45) is 1.89. The molecular weight excluding hydrogens is 461 g/mol. The molecule has 1 atom stereocenters. The summed E-state index contributed by atoms with van der Waals surface area (Å²) in [7, 11) is 0. The van der Waals surface area contributed by atoms with Crippen LogP contribution >= 0.6 is 0 Å². The molecule has 1 amide bonds. The van der Waals surface area contributed by atoms with Crippen molar-refractivity contribution >= 4 is 5.91 Å². The number of alkyl halides is 3. The van der Waals surface area contributed by atoms with Crippen LogP contribution in [0, 0.1) is 0 Å². The van der Waals surface area contributed by atoms with Gasteiger partial charge in [-0.25, -0.2) is 4.68 Å². The Bertz CT molecular complexity index is 1190. The number of pyridine rings is 1. The zero-order valence-corrected chi connectivity index (χ0v) is 19.0. The lowest BCUT2D eigenvalue weighted by Gasteiger charge is -2.29. The summed E-state index contributed by atoms with van der Waals surface area (Å²) in [5.74, 6) is -1.23. The monoisotopic (exact) mass is 486 g/mol. The van der Waals surface area contributed by atoms with Gasteiger partial charge in [0.2, 0.25) is 0 Å². The SMILES string of the molecule is O=C(N1CCc2ccc(COc3ccc(-c4ccnn4C4CCCCO4)nc3)cc2C1)C(F)(F)F. The van der Waals surface area contributed by atoms with Crippen molar-refractivity contribution in [3.63, 3.8) is 0 Å². The molecule has 0 radical (unpaired) electrons. The number of amides is 1. The molecule has 0 N–H and O–H groups in total. The molecule has 1 fully saturated rings. The van der Waals surface area contributed by atoms with E-state index in [2.05, 4.69) is 10.1 Å². The van der Waals surface area contributed by atoms with E-state index in [-0.39, 0.29) is 25.9 Å². The van der Waals surface area contributed by atoms with Crippen LogP contribution < -0.4 is 4.74 Å². The second kappa shape index (κ2) is 9.69. The van der Waals surface area contributed by atoms with Crippen LogP contribution in [0.1, 0.15) is 42.2 Å². The summed E-state index contributed by atoms with van der Waals surface area (Å²) in [6.45, 7) is 0.958. The average Bonchev–Trinajstić information content (AvgIpc) is 3.37. The summed E-state index contributed by atoms with van der Waals surface area (Å²) in [4.78, 5) is 17.0. The van der Waals surface area contributed by atoms with Gasteiger partial charge in [-0.2, -0.15) is 18.3 Å². The highest BCUT2D eigenvalue weighted by Crippen LogP contribution is 2.29. The van der Waals surface area contributed by atoms with Crippen molar-refractivity contribution in [3.05, 3.63) is 65.5 Å². The Hall–Kier alpha value is -3.40. The Morgan fingerprint density at radius 1 is 1.14 bits per heavy atom. The maximum atomic E-state index is 12.8. The molecule has 0 bridgehead atoms. The zero-order chi connectivity index (χ0) is 24.4. The minimum absolute atomic E-state index is 0.0594. The number of halogens is 3. The van der Waals surface area contributed by atoms with Crippen LogP contribution in [0.5, 0.6) is 5.75 Å². The fourth-order valence-electron chi connectivity index (χ4n) is 4.50. The lowest BCUT2D eigenvalue weighted by atomic mass is 9.97. The third-order valence-electron chi connectivity index (χ3n) is 6.32. The van der Waals surface area contributed by atoms with Crippen molar-refractivity contribution in [2.45, 2.75) is 51.2 Å². The molecule has 0 spiro atoms. The predicted molar refractivity (Wildman–Crippen MR) is 120 cm³/mol. The molecule has 2 aromatic heterocycles. The van der Waals surface area contributed by atoms with Crippen LogP contribution in [0.2, 0.25) is 0 Å². The van der Waals surface area contributed by atoms with Gasteiger partial charge >= 0.3 is 12.1 Å². The quantitative estimate of drug-likeness (QED) is 0.524. The Balaban J connectivity index is 1.23. The summed E-state index contributed by atoms with van der Waals surface area (Å²) in [6, 6.07) is 11.2. The number of nitrogens with zero attached hydrogens (tertiary/aromatic N) is 4. The molecule has 184 valence electrons. The average molecular weight is 486 g/mol. The van der Waals surface area contributed by atoms with Gasteiger partial charge in [0.1, 0.15) is 12.4 Å². The summed E-state index contributed by atoms with van der Waals surface area (Å²) < 4.78 is 52.0. The molecule has 5 rings (SSSR count). The number of hydrogen-bond acceptors (Lipinski definition) is 5. The van der Waals surface area contributed by atoms with Gasteiger partial charge < -0.3 is 14.4 Å². The first-order valence-corrected chi connectivity index (χ1v) is 11.6. The van der Waals surface area contributed by atoms with E-state index < -0.39 is 12.1 Å². The number of ether oxygens (including phenoxy) is 2. The number of fused-ring (bicyclic) bond motifs is 1. The number of rotatable bonds is 5. The molecule has 1 saturated heterocycles. The molecule has 1 unspecified atom stereocenters. The topological polar surface area (TPSA) is 69.5 Å². The number of aromatic nitrogens is 3. The molecule has 2 aliphatic rings. The van der Waals surface area contributed by atoms with Crippen molar-refractivity contribution in [3.8, 4) is 17.1 Å². The molecule has 4 heterocycles. The van der Waals surface area contributed by atoms with Crippen LogP contribution in [-0.2, 0) is 29.1 Å². The predicted octanol–water partition coefficient (Wildman–Crippen LogP) is 4.67. The van der Waals surface area contributed by atoms with E-state index in [0.29, 0.717) is 17.7 Å². The third-order valence-corrected chi connectivity index (χ3v) is 6.32. The largest absolute Gasteiger partial charge is 0.487 e. The van der Waals surface area contributed by atoms with Crippen LogP contribution in [0.3, 0.4) is 0 Å². The van der Waals surface area contributed by atoms with Crippen molar-refractivity contribution in [1.82, 2.24) is 19.7 Å². The van der Waals surface area contributed by atoms with Gasteiger partial charge in [0.25, 0.3) is 0 Å². The number of carbonyl (C=O) groups is 1. The van der Waals surface area contributed by atoms with Gasteiger partial charge in [-0.1, -0.05) is 18.2 Å². The van der Waals surface area contributed by atoms with Crippen molar-refractivity contribution in [1.29, 1.82) is 0 Å². The maximum absolute atomic E-state index is 12.8. The van der Waals surface area contributed by atoms with Crippen molar-refractivity contribution in [2.75, 3.05) is 13.2 Å². The number of benzene rings is 1. The molecule has 10 heteroatoms. The van der Waals surface area contributed by atoms with E-state index in [0.717, 1.165) is 53.3 Å². The van der Waals surface area contributed by atoms with Crippen molar-refractivity contribution < 1.29 is 27.4 Å². The Morgan fingerprint density at radius 2 is 2.03 bits per heavy atom. The van der Waals surface area contributed by atoms with Gasteiger partial charge in [-0.15, -0.1) is 0 Å². The standard InChI is InChI=1S/C25H25F3N4O3/c26-25(27,28)24(33)31-11-9-18-5-4-17(13-19(18)15-31)16-35-20-6-7-21(29-14-20)22-8-10-30-32(22)23-3-1-2-12-34-23/h4-8,10,13-14,23H,1-3,9,11-12,15-16H2. The summed E-state index contributed by atoms with van der Waals surface area (Å²) >= 11 is 0. The van der Waals surface area contributed by atoms with Gasteiger partial charge in [-0.05, 0) is 60.6 Å². The molecule has 0 saturated carbocycles. The Morgan fingerprint density at radius 3 is 2.77 bits per heavy atom. The smallest absolute Gasteiger partial charge is 0.471 e. The van der Waals surface area contributed by atoms with Gasteiger partial charge in [-0.3, -0.25) is 9.78 Å². The van der Waals surface area contributed by atoms with E-state index in [1.807, 2.05) is 35.0 Å². The molecular formula is C25H25F3N4O3. The van der Waals surface area contributed by atoms with Crippen molar-refractivity contribution in [2.24, 2.45) is 0 Å². The van der Waals surface area contributed by atoms with E-state index in [9.17, 15) is 18.0 Å². The van der Waals surface area contributed by atoms with Crippen LogP contribution in [0.15, 0.2) is 48.8 Å². The summed E-state index contributed by atoms with van der Waals surface area (Å²) in [5, 5.41) is 4.41. The van der Waals surface area contributed by atoms with E-state index in [1.165, 1.54) is 0 Å². The molecule has 2 aliphatic heterocycles. The first-order chi connectivity index (χ1) is 16.9. The molecule has 3 aromatic rings. The first-order valence-electron chi connectivity index (χ1n) is 11.6. The summed E-state index contributed by atoms with van der Waals surface area (Å²) in [5.41, 5.74) is 4.09. The fraction of sp³-hybridized carbons (Fsp3) is 0.400. The Kier molecular flexibility index (Phi) is 6.46. The highest BCUT2D eigenvalue weighted by Gasteiger charge is 2.43. The molecule has 35 heavy (non-hydrogen) atoms. The Labute approximate surface area is 200 Å². The van der Waals surface area contributed by atoms with Crippen LogP contribution in [-0.4, -0.2) is 44.9 Å². The zero-order valence-electron chi connectivity index (χ0n) is 19.0. The van der Waals surface area contributed by atoms with E-state index >= 15 is 0 Å².